The van der Waals surface area contributed by atoms with Crippen LogP contribution in [0.4, 0.5) is 5.82 Å². The molecule has 0 aliphatic carbocycles. The van der Waals surface area contributed by atoms with Crippen LogP contribution in [0.5, 0.6) is 0 Å². The maximum absolute atomic E-state index is 12.2. The highest BCUT2D eigenvalue weighted by molar-refractivity contribution is 8.00. The third-order valence-corrected chi connectivity index (χ3v) is 4.65. The van der Waals surface area contributed by atoms with E-state index in [1.807, 2.05) is 19.9 Å². The minimum Gasteiger partial charge on any atom is -0.378 e. The van der Waals surface area contributed by atoms with E-state index < -0.39 is 0 Å². The highest BCUT2D eigenvalue weighted by Crippen LogP contribution is 2.31. The molecule has 0 unspecified atom stereocenters. The molecule has 1 aromatic rings. The molecule has 2 rings (SSSR count). The van der Waals surface area contributed by atoms with Crippen molar-refractivity contribution in [1.82, 2.24) is 9.55 Å². The first-order valence-electron chi connectivity index (χ1n) is 7.88. The molecule has 22 heavy (non-hydrogen) atoms. The average molecular weight is 327 g/mol. The quantitative estimate of drug-likeness (QED) is 0.682. The van der Waals surface area contributed by atoms with Gasteiger partial charge in [-0.25, -0.2) is 4.79 Å². The summed E-state index contributed by atoms with van der Waals surface area (Å²) in [5, 5.41) is 0. The summed E-state index contributed by atoms with van der Waals surface area (Å²) in [6, 6.07) is 1.88. The molecule has 0 bridgehead atoms. The van der Waals surface area contributed by atoms with E-state index >= 15 is 0 Å². The van der Waals surface area contributed by atoms with Gasteiger partial charge in [0, 0.05) is 31.6 Å². The number of nitrogens with zero attached hydrogens (tertiary/aromatic N) is 3. The summed E-state index contributed by atoms with van der Waals surface area (Å²) < 4.78 is 12.9. The van der Waals surface area contributed by atoms with Gasteiger partial charge in [-0.15, -0.1) is 11.8 Å². The average Bonchev–Trinajstić information content (AvgIpc) is 2.97. The number of hydrogen-bond donors (Lipinski definition) is 0. The molecular weight excluding hydrogens is 302 g/mol. The normalized spacial score (nSPS) is 21.2. The van der Waals surface area contributed by atoms with Gasteiger partial charge >= 0.3 is 5.69 Å². The van der Waals surface area contributed by atoms with Crippen LogP contribution in [0.1, 0.15) is 33.4 Å². The van der Waals surface area contributed by atoms with Crippen LogP contribution in [-0.4, -0.2) is 47.0 Å². The van der Waals surface area contributed by atoms with Crippen LogP contribution in [0.15, 0.2) is 17.1 Å². The van der Waals surface area contributed by atoms with Crippen LogP contribution in [0, 0.1) is 0 Å². The Balaban J connectivity index is 2.00. The standard InChI is InChI=1S/C15H25N3O3S/c1-4-9-20-10-14-21-13(11-22-14)18-8-7-12(16-15(18)19)17(5-2)6-3/h7-8,13-14H,4-6,9-11H2,1-3H3/t13-,14+/m0/s1. The third-order valence-electron chi connectivity index (χ3n) is 3.55. The zero-order chi connectivity index (χ0) is 15.9. The highest BCUT2D eigenvalue weighted by atomic mass is 32.2. The van der Waals surface area contributed by atoms with Crippen molar-refractivity contribution in [2.45, 2.75) is 38.9 Å². The van der Waals surface area contributed by atoms with Crippen molar-refractivity contribution in [3.05, 3.63) is 22.7 Å². The summed E-state index contributed by atoms with van der Waals surface area (Å²) in [4.78, 5) is 18.5. The van der Waals surface area contributed by atoms with Crippen molar-refractivity contribution in [1.29, 1.82) is 0 Å². The molecule has 1 aromatic heterocycles. The van der Waals surface area contributed by atoms with Crippen LogP contribution < -0.4 is 10.6 Å². The first-order valence-corrected chi connectivity index (χ1v) is 8.93. The minimum atomic E-state index is -0.259. The lowest BCUT2D eigenvalue weighted by molar-refractivity contribution is -0.0245. The fourth-order valence-corrected chi connectivity index (χ4v) is 3.36. The molecule has 1 fully saturated rings. The van der Waals surface area contributed by atoms with Gasteiger partial charge in [-0.2, -0.15) is 4.98 Å². The number of anilines is 1. The Hall–Kier alpha value is -1.05. The second kappa shape index (κ2) is 8.55. The van der Waals surface area contributed by atoms with E-state index in [0.29, 0.717) is 6.61 Å². The lowest BCUT2D eigenvalue weighted by Gasteiger charge is -2.20. The molecule has 2 heterocycles. The Bertz CT molecular complexity index is 519. The molecule has 1 saturated heterocycles. The Labute approximate surface area is 135 Å². The summed E-state index contributed by atoms with van der Waals surface area (Å²) in [5.74, 6) is 1.46. The molecule has 7 heteroatoms. The van der Waals surface area contributed by atoms with E-state index in [1.165, 1.54) is 0 Å². The van der Waals surface area contributed by atoms with Gasteiger partial charge < -0.3 is 14.4 Å². The molecule has 1 aliphatic heterocycles. The van der Waals surface area contributed by atoms with Gasteiger partial charge in [0.2, 0.25) is 0 Å². The van der Waals surface area contributed by atoms with E-state index in [9.17, 15) is 4.79 Å². The van der Waals surface area contributed by atoms with Crippen LogP contribution >= 0.6 is 11.8 Å². The number of ether oxygens (including phenoxy) is 2. The van der Waals surface area contributed by atoms with Gasteiger partial charge in [0.1, 0.15) is 17.5 Å². The summed E-state index contributed by atoms with van der Waals surface area (Å²) in [6.45, 7) is 9.15. The molecule has 0 saturated carbocycles. The summed E-state index contributed by atoms with van der Waals surface area (Å²) in [7, 11) is 0. The lowest BCUT2D eigenvalue weighted by Crippen LogP contribution is -2.32. The van der Waals surface area contributed by atoms with E-state index in [-0.39, 0.29) is 17.4 Å². The monoisotopic (exact) mass is 327 g/mol. The predicted octanol–water partition coefficient (Wildman–Crippen LogP) is 2.10. The third kappa shape index (κ3) is 4.24. The van der Waals surface area contributed by atoms with Crippen molar-refractivity contribution in [3.63, 3.8) is 0 Å². The Morgan fingerprint density at radius 3 is 2.86 bits per heavy atom. The lowest BCUT2D eigenvalue weighted by atomic mass is 10.4. The van der Waals surface area contributed by atoms with Gasteiger partial charge in [-0.1, -0.05) is 6.92 Å². The van der Waals surface area contributed by atoms with Crippen molar-refractivity contribution in [2.75, 3.05) is 37.0 Å². The zero-order valence-corrected chi connectivity index (χ0v) is 14.3. The van der Waals surface area contributed by atoms with Crippen LogP contribution in [-0.2, 0) is 9.47 Å². The molecule has 1 aliphatic rings. The Kier molecular flexibility index (Phi) is 6.72. The first kappa shape index (κ1) is 17.3. The fraction of sp³-hybridized carbons (Fsp3) is 0.733. The summed E-state index contributed by atoms with van der Waals surface area (Å²) in [6.07, 6.45) is 2.52. The summed E-state index contributed by atoms with van der Waals surface area (Å²) >= 11 is 1.68. The van der Waals surface area contributed by atoms with Gasteiger partial charge in [-0.05, 0) is 26.3 Å². The van der Waals surface area contributed by atoms with Crippen LogP contribution in [0.3, 0.4) is 0 Å². The van der Waals surface area contributed by atoms with E-state index in [2.05, 4.69) is 16.8 Å². The molecule has 124 valence electrons. The SMILES string of the molecule is CCCOC[C@@H]1O[C@H](n2ccc(N(CC)CC)nc2=O)CS1. The van der Waals surface area contributed by atoms with Crippen molar-refractivity contribution in [3.8, 4) is 0 Å². The van der Waals surface area contributed by atoms with Crippen molar-refractivity contribution >= 4 is 17.6 Å². The van der Waals surface area contributed by atoms with Crippen molar-refractivity contribution < 1.29 is 9.47 Å². The molecule has 0 amide bonds. The van der Waals surface area contributed by atoms with Gasteiger partial charge in [0.05, 0.1) is 6.61 Å². The zero-order valence-electron chi connectivity index (χ0n) is 13.5. The maximum atomic E-state index is 12.2. The molecule has 2 atom stereocenters. The largest absolute Gasteiger partial charge is 0.378 e. The van der Waals surface area contributed by atoms with E-state index in [1.54, 1.807) is 22.5 Å². The van der Waals surface area contributed by atoms with Crippen LogP contribution in [0.25, 0.3) is 0 Å². The summed E-state index contributed by atoms with van der Waals surface area (Å²) in [5.41, 5.74) is -0.268. The second-order valence-corrected chi connectivity index (χ2v) is 6.27. The Morgan fingerprint density at radius 1 is 1.45 bits per heavy atom. The number of rotatable bonds is 8. The number of hydrogen-bond acceptors (Lipinski definition) is 6. The van der Waals surface area contributed by atoms with E-state index in [4.69, 9.17) is 9.47 Å². The molecular formula is C15H25N3O3S. The Morgan fingerprint density at radius 2 is 2.23 bits per heavy atom. The smallest absolute Gasteiger partial charge is 0.351 e. The maximum Gasteiger partial charge on any atom is 0.351 e. The van der Waals surface area contributed by atoms with Crippen molar-refractivity contribution in [2.24, 2.45) is 0 Å². The molecule has 0 radical (unpaired) electrons. The number of aromatic nitrogens is 2. The second-order valence-electron chi connectivity index (χ2n) is 5.08. The molecule has 0 N–H and O–H groups in total. The first-order chi connectivity index (χ1) is 10.7. The van der Waals surface area contributed by atoms with Gasteiger partial charge in [-0.3, -0.25) is 4.57 Å². The predicted molar refractivity (Wildman–Crippen MR) is 89.5 cm³/mol. The van der Waals surface area contributed by atoms with Gasteiger partial charge in [0.25, 0.3) is 0 Å². The minimum absolute atomic E-state index is 0.00842. The fourth-order valence-electron chi connectivity index (χ4n) is 2.35. The van der Waals surface area contributed by atoms with Crippen LogP contribution in [0.2, 0.25) is 0 Å². The van der Waals surface area contributed by atoms with Gasteiger partial charge in [0.15, 0.2) is 0 Å². The molecule has 0 spiro atoms. The topological polar surface area (TPSA) is 56.6 Å². The molecule has 0 aromatic carbocycles. The van der Waals surface area contributed by atoms with E-state index in [0.717, 1.165) is 37.7 Å². The highest BCUT2D eigenvalue weighted by Gasteiger charge is 2.28. The number of thioether (sulfide) groups is 1. The molecule has 6 nitrogen and oxygen atoms in total.